The molecule has 0 amide bonds. The number of aliphatic hydroxyl groups excluding tert-OH is 1. The summed E-state index contributed by atoms with van der Waals surface area (Å²) in [6.07, 6.45) is 6.73. The molecule has 2 saturated carbocycles. The molecule has 0 aromatic heterocycles. The van der Waals surface area contributed by atoms with Gasteiger partial charge < -0.3 is 10.2 Å². The first-order valence-corrected chi connectivity index (χ1v) is 8.82. The second-order valence-electron chi connectivity index (χ2n) is 8.73. The van der Waals surface area contributed by atoms with Crippen molar-refractivity contribution in [3.8, 4) is 0 Å². The molecule has 0 saturated heterocycles. The first-order valence-electron chi connectivity index (χ1n) is 8.82. The quantitative estimate of drug-likeness (QED) is 0.589. The summed E-state index contributed by atoms with van der Waals surface area (Å²) in [6, 6.07) is 0. The Morgan fingerprint density at radius 2 is 2.00 bits per heavy atom. The average molecular weight is 320 g/mol. The van der Waals surface area contributed by atoms with Gasteiger partial charge in [0.05, 0.1) is 6.10 Å². The van der Waals surface area contributed by atoms with Gasteiger partial charge in [0.25, 0.3) is 0 Å². The lowest BCUT2D eigenvalue weighted by Crippen LogP contribution is -2.53. The van der Waals surface area contributed by atoms with E-state index in [2.05, 4.69) is 27.4 Å². The third-order valence-corrected chi connectivity index (χ3v) is 6.42. The molecule has 2 aliphatic carbocycles. The number of allylic oxidation sites excluding steroid dienone is 2. The summed E-state index contributed by atoms with van der Waals surface area (Å²) in [5.41, 5.74) is 2.42. The number of aliphatic hydroxyl groups is 1. The molecule has 130 valence electrons. The fourth-order valence-corrected chi connectivity index (χ4v) is 5.63. The van der Waals surface area contributed by atoms with Gasteiger partial charge in [-0.3, -0.25) is 0 Å². The Balaban J connectivity index is 2.22. The maximum absolute atomic E-state index is 10.8. The highest BCUT2D eigenvalue weighted by Gasteiger charge is 2.54. The Bertz CT molecular complexity index is 517. The van der Waals surface area contributed by atoms with Crippen molar-refractivity contribution in [1.82, 2.24) is 0 Å². The zero-order valence-electron chi connectivity index (χ0n) is 15.1. The van der Waals surface area contributed by atoms with E-state index in [1.165, 1.54) is 11.6 Å². The molecule has 2 N–H and O–H groups in total. The highest BCUT2D eigenvalue weighted by Crippen LogP contribution is 2.61. The first kappa shape index (κ1) is 18.3. The second-order valence-corrected chi connectivity index (χ2v) is 8.73. The van der Waals surface area contributed by atoms with Crippen molar-refractivity contribution < 1.29 is 15.0 Å². The normalized spacial score (nSPS) is 37.3. The molecule has 2 fully saturated rings. The van der Waals surface area contributed by atoms with Crippen LogP contribution in [0.1, 0.15) is 66.2 Å². The Hall–Kier alpha value is -1.09. The van der Waals surface area contributed by atoms with Crippen LogP contribution in [0.4, 0.5) is 0 Å². The lowest BCUT2D eigenvalue weighted by atomic mass is 9.46. The highest BCUT2D eigenvalue weighted by molar-refractivity contribution is 5.80. The number of carboxylic acid groups (broad SMARTS) is 1. The van der Waals surface area contributed by atoms with Crippen LogP contribution in [0, 0.1) is 22.7 Å². The minimum Gasteiger partial charge on any atom is -0.478 e. The van der Waals surface area contributed by atoms with Crippen molar-refractivity contribution in [2.24, 2.45) is 22.7 Å². The summed E-state index contributed by atoms with van der Waals surface area (Å²) in [5, 5.41) is 19.3. The number of hydrogen-bond donors (Lipinski definition) is 2. The molecule has 0 aromatic carbocycles. The number of carbonyl (C=O) groups is 1. The van der Waals surface area contributed by atoms with Crippen molar-refractivity contribution >= 4 is 5.97 Å². The van der Waals surface area contributed by atoms with Gasteiger partial charge in [0, 0.05) is 6.08 Å². The van der Waals surface area contributed by atoms with E-state index < -0.39 is 5.97 Å². The van der Waals surface area contributed by atoms with Crippen LogP contribution in [-0.2, 0) is 4.79 Å². The molecule has 0 aromatic rings. The van der Waals surface area contributed by atoms with Crippen molar-refractivity contribution in [3.05, 3.63) is 23.8 Å². The van der Waals surface area contributed by atoms with Gasteiger partial charge in [-0.1, -0.05) is 38.5 Å². The van der Waals surface area contributed by atoms with Gasteiger partial charge in [-0.25, -0.2) is 4.79 Å². The van der Waals surface area contributed by atoms with Crippen LogP contribution in [0.3, 0.4) is 0 Å². The fourth-order valence-electron chi connectivity index (χ4n) is 5.63. The average Bonchev–Trinajstić information content (AvgIpc) is 2.34. The lowest BCUT2D eigenvalue weighted by molar-refractivity contribution is -0.131. The summed E-state index contributed by atoms with van der Waals surface area (Å²) in [4.78, 5) is 10.8. The Kier molecular flexibility index (Phi) is 5.10. The van der Waals surface area contributed by atoms with Crippen molar-refractivity contribution in [3.63, 3.8) is 0 Å². The van der Waals surface area contributed by atoms with Gasteiger partial charge in [0.2, 0.25) is 0 Å². The minimum absolute atomic E-state index is 0.0694. The van der Waals surface area contributed by atoms with Crippen LogP contribution in [0.25, 0.3) is 0 Å². The number of fused-ring (bicyclic) bond motifs is 1. The molecule has 0 bridgehead atoms. The van der Waals surface area contributed by atoms with E-state index in [0.29, 0.717) is 11.8 Å². The van der Waals surface area contributed by atoms with E-state index >= 15 is 0 Å². The lowest BCUT2D eigenvalue weighted by Gasteiger charge is -2.59. The second kappa shape index (κ2) is 6.43. The van der Waals surface area contributed by atoms with Gasteiger partial charge in [-0.15, -0.1) is 0 Å². The Morgan fingerprint density at radius 3 is 2.61 bits per heavy atom. The molecular formula is C20H32O3. The molecule has 3 heteroatoms. The topological polar surface area (TPSA) is 57.5 Å². The van der Waals surface area contributed by atoms with E-state index in [1.807, 2.05) is 6.92 Å². The predicted octanol–water partition coefficient (Wildman–Crippen LogP) is 4.57. The Labute approximate surface area is 140 Å². The zero-order chi connectivity index (χ0) is 17.4. The fraction of sp³-hybridized carbons (Fsp3) is 0.750. The third kappa shape index (κ3) is 3.71. The maximum atomic E-state index is 10.8. The predicted molar refractivity (Wildman–Crippen MR) is 93.1 cm³/mol. The summed E-state index contributed by atoms with van der Waals surface area (Å²) in [7, 11) is 0. The van der Waals surface area contributed by atoms with Gasteiger partial charge in [0.15, 0.2) is 0 Å². The molecule has 0 aliphatic heterocycles. The smallest absolute Gasteiger partial charge is 0.328 e. The van der Waals surface area contributed by atoms with Crippen LogP contribution in [0.2, 0.25) is 0 Å². The van der Waals surface area contributed by atoms with Crippen LogP contribution >= 0.6 is 0 Å². The van der Waals surface area contributed by atoms with Gasteiger partial charge in [-0.2, -0.15) is 0 Å². The van der Waals surface area contributed by atoms with Gasteiger partial charge >= 0.3 is 5.97 Å². The third-order valence-electron chi connectivity index (χ3n) is 6.42. The molecule has 0 spiro atoms. The number of hydrogen-bond acceptors (Lipinski definition) is 2. The van der Waals surface area contributed by atoms with E-state index in [1.54, 1.807) is 0 Å². The summed E-state index contributed by atoms with van der Waals surface area (Å²) >= 11 is 0. The largest absolute Gasteiger partial charge is 0.478 e. The summed E-state index contributed by atoms with van der Waals surface area (Å²) in [6.45, 7) is 13.1. The number of rotatable bonds is 4. The van der Waals surface area contributed by atoms with Crippen LogP contribution in [0.15, 0.2) is 23.8 Å². The van der Waals surface area contributed by atoms with Crippen LogP contribution in [-0.4, -0.2) is 22.3 Å². The van der Waals surface area contributed by atoms with Crippen molar-refractivity contribution in [2.75, 3.05) is 0 Å². The minimum atomic E-state index is -0.872. The number of aliphatic carboxylic acids is 1. The summed E-state index contributed by atoms with van der Waals surface area (Å²) in [5.74, 6) is 0.0913. The van der Waals surface area contributed by atoms with Gasteiger partial charge in [0.1, 0.15) is 0 Å². The SMILES string of the molecule is C=C1CC[C@H]2C(C)(C)C[C@@H](O)C[C@]2(C)[C@H]1CC/C(C)=C\C(=O)O. The van der Waals surface area contributed by atoms with E-state index in [4.69, 9.17) is 5.11 Å². The van der Waals surface area contributed by atoms with Crippen molar-refractivity contribution in [1.29, 1.82) is 0 Å². The zero-order valence-corrected chi connectivity index (χ0v) is 15.1. The molecule has 0 heterocycles. The van der Waals surface area contributed by atoms with Crippen LogP contribution in [0.5, 0.6) is 0 Å². The standard InChI is InChI=1S/C20H32O3/c1-13(10-18(22)23)6-8-16-14(2)7-9-17-19(3,4)11-15(21)12-20(16,17)5/h10,15-17,21H,2,6-9,11-12H2,1,3-5H3,(H,22,23)/b13-10-/t15-,16+,17+,20-/m1/s1. The molecular weight excluding hydrogens is 288 g/mol. The van der Waals surface area contributed by atoms with E-state index in [-0.39, 0.29) is 16.9 Å². The molecule has 2 aliphatic rings. The molecule has 3 nitrogen and oxygen atoms in total. The Morgan fingerprint density at radius 1 is 1.35 bits per heavy atom. The van der Waals surface area contributed by atoms with E-state index in [0.717, 1.165) is 44.1 Å². The molecule has 23 heavy (non-hydrogen) atoms. The molecule has 4 atom stereocenters. The van der Waals surface area contributed by atoms with Gasteiger partial charge in [-0.05, 0) is 68.1 Å². The monoisotopic (exact) mass is 320 g/mol. The van der Waals surface area contributed by atoms with E-state index in [9.17, 15) is 9.90 Å². The maximum Gasteiger partial charge on any atom is 0.328 e. The molecule has 0 unspecified atom stereocenters. The molecule has 0 radical (unpaired) electrons. The van der Waals surface area contributed by atoms with Crippen LogP contribution < -0.4 is 0 Å². The van der Waals surface area contributed by atoms with Crippen molar-refractivity contribution in [2.45, 2.75) is 72.3 Å². The summed E-state index contributed by atoms with van der Waals surface area (Å²) < 4.78 is 0. The number of carboxylic acids is 1. The molecule has 2 rings (SSSR count). The highest BCUT2D eigenvalue weighted by atomic mass is 16.4. The first-order chi connectivity index (χ1) is 10.6.